The van der Waals surface area contributed by atoms with Gasteiger partial charge in [-0.05, 0) is 31.9 Å². The van der Waals surface area contributed by atoms with Crippen LogP contribution in [0.1, 0.15) is 31.4 Å². The monoisotopic (exact) mass is 458 g/mol. The van der Waals surface area contributed by atoms with E-state index in [-0.39, 0.29) is 18.6 Å². The fraction of sp³-hybridized carbons (Fsp3) is 0.474. The summed E-state index contributed by atoms with van der Waals surface area (Å²) in [6.45, 7) is 3.52. The van der Waals surface area contributed by atoms with Crippen LogP contribution < -0.4 is 20.7 Å². The quantitative estimate of drug-likeness (QED) is 0.446. The minimum absolute atomic E-state index is 0.165. The molecule has 10 nitrogen and oxygen atoms in total. The molecular weight excluding hydrogens is 433 g/mol. The van der Waals surface area contributed by atoms with Crippen LogP contribution in [-0.4, -0.2) is 57.1 Å². The summed E-state index contributed by atoms with van der Waals surface area (Å²) in [5.74, 6) is -0.843. The lowest BCUT2D eigenvalue weighted by molar-refractivity contribution is -0.192. The molecule has 2 unspecified atom stereocenters. The van der Waals surface area contributed by atoms with Crippen molar-refractivity contribution in [3.8, 4) is 5.75 Å². The third-order valence-electron chi connectivity index (χ3n) is 4.34. The molecule has 0 radical (unpaired) electrons. The van der Waals surface area contributed by atoms with Crippen molar-refractivity contribution in [2.45, 2.75) is 51.2 Å². The van der Waals surface area contributed by atoms with Crippen LogP contribution in [0, 0.1) is 0 Å². The molecule has 1 aromatic carbocycles. The van der Waals surface area contributed by atoms with Gasteiger partial charge in [0, 0.05) is 18.6 Å². The van der Waals surface area contributed by atoms with E-state index < -0.39 is 12.1 Å². The van der Waals surface area contributed by atoms with Gasteiger partial charge in [0.2, 0.25) is 0 Å². The molecule has 1 fully saturated rings. The van der Waals surface area contributed by atoms with Gasteiger partial charge in [-0.15, -0.1) is 0 Å². The summed E-state index contributed by atoms with van der Waals surface area (Å²) < 4.78 is 37.3. The topological polar surface area (TPSA) is 141 Å². The van der Waals surface area contributed by atoms with E-state index in [4.69, 9.17) is 14.6 Å². The molecule has 1 aliphatic heterocycles. The Morgan fingerprint density at radius 2 is 1.94 bits per heavy atom. The highest BCUT2D eigenvalue weighted by Gasteiger charge is 2.38. The number of para-hydroxylation sites is 1. The number of aromatic amines is 1. The van der Waals surface area contributed by atoms with Gasteiger partial charge in [0.05, 0.1) is 6.54 Å². The fourth-order valence-electron chi connectivity index (χ4n) is 2.66. The van der Waals surface area contributed by atoms with Gasteiger partial charge in [0.25, 0.3) is 0 Å². The first-order chi connectivity index (χ1) is 15.1. The molecule has 2 heterocycles. The van der Waals surface area contributed by atoms with Gasteiger partial charge in [0.15, 0.2) is 11.6 Å². The Bertz CT molecular complexity index is 854. The van der Waals surface area contributed by atoms with Gasteiger partial charge in [-0.25, -0.2) is 14.6 Å². The van der Waals surface area contributed by atoms with Gasteiger partial charge in [-0.3, -0.25) is 5.10 Å². The lowest BCUT2D eigenvalue weighted by Crippen LogP contribution is -2.51. The molecule has 1 aliphatic rings. The number of benzene rings is 1. The van der Waals surface area contributed by atoms with Crippen molar-refractivity contribution in [1.82, 2.24) is 31.1 Å². The standard InChI is InChI=1S/C17H24N6O2.C2HF3O2/c1-12-7-8-13(9-18-12)20-17(24)19-10-15-21-16(23-22-15)11-25-14-5-3-2-4-6-14;3-2(4,5)1(6)7/h2-6,12-13,18H,7-11H2,1H3,(H2,19,20,24)(H,21,22,23);(H,6,7). The SMILES string of the molecule is CC1CCC(NC(=O)NCc2n[nH]c(COc3ccccc3)n2)CN1.O=C(O)C(F)(F)F. The predicted octanol–water partition coefficient (Wildman–Crippen LogP) is 1.96. The Morgan fingerprint density at radius 1 is 1.25 bits per heavy atom. The van der Waals surface area contributed by atoms with E-state index in [9.17, 15) is 18.0 Å². The Kier molecular flexibility index (Phi) is 9.25. The second kappa shape index (κ2) is 11.9. The van der Waals surface area contributed by atoms with Crippen LogP contribution in [0.3, 0.4) is 0 Å². The molecule has 3 rings (SSSR count). The highest BCUT2D eigenvalue weighted by Crippen LogP contribution is 2.13. The van der Waals surface area contributed by atoms with E-state index >= 15 is 0 Å². The maximum atomic E-state index is 11.9. The minimum Gasteiger partial charge on any atom is -0.486 e. The average Bonchev–Trinajstić information content (AvgIpc) is 3.21. The second-order valence-electron chi connectivity index (χ2n) is 7.01. The molecule has 0 spiro atoms. The van der Waals surface area contributed by atoms with Crippen LogP contribution in [0.25, 0.3) is 0 Å². The summed E-state index contributed by atoms with van der Waals surface area (Å²) in [6.07, 6.45) is -3.03. The van der Waals surface area contributed by atoms with Crippen LogP contribution in [0.5, 0.6) is 5.75 Å². The smallest absolute Gasteiger partial charge is 0.486 e. The number of aliphatic carboxylic acids is 1. The van der Waals surface area contributed by atoms with Gasteiger partial charge in [-0.2, -0.15) is 18.3 Å². The highest BCUT2D eigenvalue weighted by molar-refractivity contribution is 5.74. The number of amides is 2. The van der Waals surface area contributed by atoms with Crippen LogP contribution in [0.4, 0.5) is 18.0 Å². The number of H-pyrrole nitrogens is 1. The van der Waals surface area contributed by atoms with Crippen LogP contribution >= 0.6 is 0 Å². The number of carboxylic acids is 1. The number of urea groups is 1. The number of carbonyl (C=O) groups excluding carboxylic acids is 1. The second-order valence-corrected chi connectivity index (χ2v) is 7.01. The summed E-state index contributed by atoms with van der Waals surface area (Å²) in [4.78, 5) is 25.1. The largest absolute Gasteiger partial charge is 0.490 e. The van der Waals surface area contributed by atoms with Crippen LogP contribution in [-0.2, 0) is 17.9 Å². The zero-order valence-corrected chi connectivity index (χ0v) is 17.3. The molecule has 2 atom stereocenters. The van der Waals surface area contributed by atoms with Crippen LogP contribution in [0.2, 0.25) is 0 Å². The van der Waals surface area contributed by atoms with Crippen molar-refractivity contribution in [3.05, 3.63) is 42.0 Å². The Labute approximate surface area is 181 Å². The lowest BCUT2D eigenvalue weighted by atomic mass is 10.0. The third kappa shape index (κ3) is 9.20. The van der Waals surface area contributed by atoms with E-state index in [1.165, 1.54) is 0 Å². The molecule has 2 aromatic rings. The number of nitrogens with zero attached hydrogens (tertiary/aromatic N) is 2. The molecule has 176 valence electrons. The van der Waals surface area contributed by atoms with Gasteiger partial charge < -0.3 is 25.8 Å². The average molecular weight is 458 g/mol. The maximum Gasteiger partial charge on any atom is 0.490 e. The zero-order valence-electron chi connectivity index (χ0n) is 17.3. The van der Waals surface area contributed by atoms with Crippen molar-refractivity contribution in [1.29, 1.82) is 0 Å². The molecule has 1 aromatic heterocycles. The number of hydrogen-bond acceptors (Lipinski definition) is 6. The van der Waals surface area contributed by atoms with Gasteiger partial charge in [0.1, 0.15) is 12.4 Å². The maximum absolute atomic E-state index is 11.9. The number of rotatable bonds is 6. The lowest BCUT2D eigenvalue weighted by Gasteiger charge is -2.28. The number of carboxylic acid groups (broad SMARTS) is 1. The summed E-state index contributed by atoms with van der Waals surface area (Å²) in [5, 5.41) is 23.1. The Hall–Kier alpha value is -3.35. The van der Waals surface area contributed by atoms with Gasteiger partial charge >= 0.3 is 18.2 Å². The number of nitrogens with one attached hydrogen (secondary N) is 4. The molecule has 0 aliphatic carbocycles. The van der Waals surface area contributed by atoms with Crippen molar-refractivity contribution in [2.75, 3.05) is 6.54 Å². The van der Waals surface area contributed by atoms with Crippen molar-refractivity contribution in [3.63, 3.8) is 0 Å². The predicted molar refractivity (Wildman–Crippen MR) is 107 cm³/mol. The minimum atomic E-state index is -5.08. The van der Waals surface area contributed by atoms with E-state index in [2.05, 4.69) is 38.1 Å². The van der Waals surface area contributed by atoms with Crippen molar-refractivity contribution < 1.29 is 32.6 Å². The zero-order chi connectivity index (χ0) is 23.6. The molecule has 1 saturated heterocycles. The first-order valence-electron chi connectivity index (χ1n) is 9.79. The normalized spacial score (nSPS) is 18.1. The van der Waals surface area contributed by atoms with E-state index in [0.717, 1.165) is 25.1 Å². The van der Waals surface area contributed by atoms with E-state index in [1.807, 2.05) is 30.3 Å². The summed E-state index contributed by atoms with van der Waals surface area (Å²) in [6, 6.07) is 9.99. The van der Waals surface area contributed by atoms with E-state index in [1.54, 1.807) is 0 Å². The molecule has 0 bridgehead atoms. The number of aromatic nitrogens is 3. The highest BCUT2D eigenvalue weighted by atomic mass is 19.4. The first-order valence-corrected chi connectivity index (χ1v) is 9.79. The van der Waals surface area contributed by atoms with Crippen LogP contribution in [0.15, 0.2) is 30.3 Å². The molecule has 2 amide bonds. The number of carbonyl (C=O) groups is 2. The number of ether oxygens (including phenoxy) is 1. The van der Waals surface area contributed by atoms with E-state index in [0.29, 0.717) is 24.3 Å². The Morgan fingerprint density at radius 3 is 2.53 bits per heavy atom. The molecule has 0 saturated carbocycles. The third-order valence-corrected chi connectivity index (χ3v) is 4.34. The Balaban J connectivity index is 0.000000451. The summed E-state index contributed by atoms with van der Waals surface area (Å²) in [7, 11) is 0. The summed E-state index contributed by atoms with van der Waals surface area (Å²) in [5.41, 5.74) is 0. The molecule has 5 N–H and O–H groups in total. The van der Waals surface area contributed by atoms with Crippen molar-refractivity contribution in [2.24, 2.45) is 0 Å². The number of halogens is 3. The number of alkyl halides is 3. The number of hydrogen-bond donors (Lipinski definition) is 5. The summed E-state index contributed by atoms with van der Waals surface area (Å²) >= 11 is 0. The first kappa shape index (κ1) is 24.9. The van der Waals surface area contributed by atoms with Gasteiger partial charge in [-0.1, -0.05) is 18.2 Å². The molecule has 13 heteroatoms. The molecule has 32 heavy (non-hydrogen) atoms. The van der Waals surface area contributed by atoms with Crippen molar-refractivity contribution >= 4 is 12.0 Å². The molecular formula is C19H25F3N6O4. The number of piperidine rings is 1. The fourth-order valence-corrected chi connectivity index (χ4v) is 2.66.